The van der Waals surface area contributed by atoms with Crippen LogP contribution in [-0.2, 0) is 0 Å². The summed E-state index contributed by atoms with van der Waals surface area (Å²) in [6, 6.07) is 11.1. The summed E-state index contributed by atoms with van der Waals surface area (Å²) in [5, 5.41) is 0. The molecule has 0 aliphatic heterocycles. The summed E-state index contributed by atoms with van der Waals surface area (Å²) in [4.78, 5) is 5.64. The molecular formula is C23H25BrFNOS. The van der Waals surface area contributed by atoms with Crippen LogP contribution in [0.25, 0.3) is 21.7 Å². The molecule has 1 aromatic heterocycles. The molecule has 2 aromatic carbocycles. The van der Waals surface area contributed by atoms with Crippen LogP contribution in [0.5, 0.6) is 5.75 Å². The van der Waals surface area contributed by atoms with Gasteiger partial charge in [0.1, 0.15) is 11.6 Å². The summed E-state index contributed by atoms with van der Waals surface area (Å²) in [7, 11) is 0. The Kier molecular flexibility index (Phi) is 6.25. The summed E-state index contributed by atoms with van der Waals surface area (Å²) in [6.07, 6.45) is 0.901. The SMILES string of the molecule is Cc1cccc(C)c1-c1nc(Br)sc1-c1cc(F)cc(OCCC(C)(C)C)c1. The standard InChI is InChI=1S/C23H25BrFNOS/c1-14-7-6-8-15(2)19(14)20-21(28-22(24)26-20)16-11-17(25)13-18(12-16)27-10-9-23(3,4)5/h6-8,11-13H,9-10H2,1-5H3. The minimum atomic E-state index is -0.305. The number of hydrogen-bond acceptors (Lipinski definition) is 3. The van der Waals surface area contributed by atoms with Gasteiger partial charge in [-0.05, 0) is 64.9 Å². The van der Waals surface area contributed by atoms with E-state index >= 15 is 0 Å². The third-order valence-electron chi connectivity index (χ3n) is 4.57. The molecule has 0 atom stereocenters. The number of ether oxygens (including phenoxy) is 1. The number of thiazole rings is 1. The number of nitrogens with zero attached hydrogens (tertiary/aromatic N) is 1. The van der Waals surface area contributed by atoms with Crippen molar-refractivity contribution in [2.24, 2.45) is 5.41 Å². The Hall–Kier alpha value is -1.72. The van der Waals surface area contributed by atoms with Crippen LogP contribution in [0.2, 0.25) is 0 Å². The first-order valence-electron chi connectivity index (χ1n) is 9.31. The third-order valence-corrected chi connectivity index (χ3v) is 6.13. The van der Waals surface area contributed by atoms with Gasteiger partial charge in [-0.25, -0.2) is 9.37 Å². The van der Waals surface area contributed by atoms with Crippen molar-refractivity contribution in [3.8, 4) is 27.4 Å². The second-order valence-electron chi connectivity index (χ2n) is 8.25. The van der Waals surface area contributed by atoms with E-state index in [-0.39, 0.29) is 11.2 Å². The Balaban J connectivity index is 2.01. The zero-order valence-corrected chi connectivity index (χ0v) is 19.3. The molecule has 0 fully saturated rings. The van der Waals surface area contributed by atoms with Crippen LogP contribution in [-0.4, -0.2) is 11.6 Å². The van der Waals surface area contributed by atoms with Crippen LogP contribution in [0.3, 0.4) is 0 Å². The van der Waals surface area contributed by atoms with Gasteiger partial charge in [0.25, 0.3) is 0 Å². The Morgan fingerprint density at radius 1 is 1.11 bits per heavy atom. The van der Waals surface area contributed by atoms with Gasteiger partial charge in [-0.2, -0.15) is 0 Å². The fraction of sp³-hybridized carbons (Fsp3) is 0.348. The van der Waals surface area contributed by atoms with Gasteiger partial charge in [0.2, 0.25) is 0 Å². The zero-order chi connectivity index (χ0) is 20.5. The van der Waals surface area contributed by atoms with Crippen LogP contribution in [0.1, 0.15) is 38.3 Å². The van der Waals surface area contributed by atoms with Gasteiger partial charge in [0.05, 0.1) is 17.2 Å². The number of hydrogen-bond donors (Lipinski definition) is 0. The van der Waals surface area contributed by atoms with Gasteiger partial charge in [0, 0.05) is 17.2 Å². The van der Waals surface area contributed by atoms with Crippen molar-refractivity contribution in [3.05, 3.63) is 57.3 Å². The summed E-state index contributed by atoms with van der Waals surface area (Å²) in [6.45, 7) is 11.2. The Labute approximate surface area is 178 Å². The van der Waals surface area contributed by atoms with Crippen molar-refractivity contribution in [2.45, 2.75) is 41.0 Å². The van der Waals surface area contributed by atoms with Crippen molar-refractivity contribution in [1.29, 1.82) is 0 Å². The van der Waals surface area contributed by atoms with Crippen molar-refractivity contribution in [1.82, 2.24) is 4.98 Å². The fourth-order valence-corrected chi connectivity index (χ4v) is 4.55. The second-order valence-corrected chi connectivity index (χ2v) is 10.5. The lowest BCUT2D eigenvalue weighted by Gasteiger charge is -2.18. The first-order chi connectivity index (χ1) is 13.1. The maximum absolute atomic E-state index is 14.4. The molecule has 0 spiro atoms. The number of benzene rings is 2. The molecule has 0 radical (unpaired) electrons. The molecule has 3 aromatic rings. The predicted octanol–water partition coefficient (Wildman–Crippen LogP) is 7.81. The molecule has 0 bridgehead atoms. The second kappa shape index (κ2) is 8.34. The molecule has 1 heterocycles. The van der Waals surface area contributed by atoms with Gasteiger partial charge >= 0.3 is 0 Å². The lowest BCUT2D eigenvalue weighted by Crippen LogP contribution is -2.11. The summed E-state index contributed by atoms with van der Waals surface area (Å²) >= 11 is 5.02. The maximum atomic E-state index is 14.4. The van der Waals surface area contributed by atoms with E-state index in [1.54, 1.807) is 6.07 Å². The Bertz CT molecular complexity index is 971. The number of rotatable bonds is 5. The highest BCUT2D eigenvalue weighted by molar-refractivity contribution is 9.11. The summed E-state index contributed by atoms with van der Waals surface area (Å²) in [5.41, 5.74) is 5.23. The molecule has 5 heteroatoms. The monoisotopic (exact) mass is 461 g/mol. The zero-order valence-electron chi connectivity index (χ0n) is 16.9. The fourth-order valence-electron chi connectivity index (χ4n) is 3.10. The van der Waals surface area contributed by atoms with Crippen LogP contribution in [0, 0.1) is 25.1 Å². The molecule has 148 valence electrons. The molecule has 0 unspecified atom stereocenters. The molecule has 0 aliphatic rings. The minimum absolute atomic E-state index is 0.175. The Morgan fingerprint density at radius 2 is 1.79 bits per heavy atom. The topological polar surface area (TPSA) is 22.1 Å². The summed E-state index contributed by atoms with van der Waals surface area (Å²) < 4.78 is 21.0. The quantitative estimate of drug-likeness (QED) is 0.386. The van der Waals surface area contributed by atoms with E-state index in [2.05, 4.69) is 62.7 Å². The van der Waals surface area contributed by atoms with Crippen LogP contribution >= 0.6 is 27.3 Å². The van der Waals surface area contributed by atoms with Crippen molar-refractivity contribution < 1.29 is 9.13 Å². The average molecular weight is 462 g/mol. The lowest BCUT2D eigenvalue weighted by molar-refractivity contribution is 0.242. The number of halogens is 2. The van der Waals surface area contributed by atoms with Gasteiger partial charge in [-0.1, -0.05) is 39.0 Å². The van der Waals surface area contributed by atoms with Crippen LogP contribution in [0.4, 0.5) is 4.39 Å². The van der Waals surface area contributed by atoms with E-state index in [0.717, 1.165) is 43.2 Å². The molecule has 0 amide bonds. The highest BCUT2D eigenvalue weighted by Crippen LogP contribution is 2.42. The van der Waals surface area contributed by atoms with E-state index in [1.165, 1.54) is 17.4 Å². The normalized spacial score (nSPS) is 11.7. The molecule has 0 N–H and O–H groups in total. The van der Waals surface area contributed by atoms with Crippen molar-refractivity contribution >= 4 is 27.3 Å². The van der Waals surface area contributed by atoms with Crippen molar-refractivity contribution in [3.63, 3.8) is 0 Å². The van der Waals surface area contributed by atoms with E-state index in [1.807, 2.05) is 12.1 Å². The molecule has 28 heavy (non-hydrogen) atoms. The molecule has 0 saturated heterocycles. The average Bonchev–Trinajstić information content (AvgIpc) is 2.94. The van der Waals surface area contributed by atoms with Gasteiger partial charge in [-0.15, -0.1) is 11.3 Å². The maximum Gasteiger partial charge on any atom is 0.160 e. The van der Waals surface area contributed by atoms with E-state index in [0.29, 0.717) is 12.4 Å². The van der Waals surface area contributed by atoms with Crippen LogP contribution in [0.15, 0.2) is 40.3 Å². The largest absolute Gasteiger partial charge is 0.493 e. The van der Waals surface area contributed by atoms with Gasteiger partial charge in [0.15, 0.2) is 3.92 Å². The third kappa shape index (κ3) is 5.00. The lowest BCUT2D eigenvalue weighted by atomic mass is 9.93. The van der Waals surface area contributed by atoms with Crippen molar-refractivity contribution in [2.75, 3.05) is 6.61 Å². The molecule has 2 nitrogen and oxygen atoms in total. The van der Waals surface area contributed by atoms with Gasteiger partial charge < -0.3 is 4.74 Å². The van der Waals surface area contributed by atoms with E-state index in [9.17, 15) is 4.39 Å². The molecular weight excluding hydrogens is 437 g/mol. The minimum Gasteiger partial charge on any atom is -0.493 e. The first kappa shape index (κ1) is 21.0. The highest BCUT2D eigenvalue weighted by atomic mass is 79.9. The number of aromatic nitrogens is 1. The van der Waals surface area contributed by atoms with E-state index in [4.69, 9.17) is 9.72 Å². The molecule has 0 saturated carbocycles. The highest BCUT2D eigenvalue weighted by Gasteiger charge is 2.19. The van der Waals surface area contributed by atoms with Gasteiger partial charge in [-0.3, -0.25) is 0 Å². The number of aryl methyl sites for hydroxylation is 2. The van der Waals surface area contributed by atoms with Crippen LogP contribution < -0.4 is 4.74 Å². The molecule has 3 rings (SSSR count). The summed E-state index contributed by atoms with van der Waals surface area (Å²) in [5.74, 6) is 0.247. The van der Waals surface area contributed by atoms with E-state index < -0.39 is 0 Å². The molecule has 0 aliphatic carbocycles. The smallest absolute Gasteiger partial charge is 0.160 e. The predicted molar refractivity (Wildman–Crippen MR) is 120 cm³/mol. The Morgan fingerprint density at radius 3 is 2.43 bits per heavy atom. The first-order valence-corrected chi connectivity index (χ1v) is 10.9.